The summed E-state index contributed by atoms with van der Waals surface area (Å²) in [4.78, 5) is 34.6. The molecular weight excluding hydrogens is 450 g/mol. The lowest BCUT2D eigenvalue weighted by Crippen LogP contribution is -2.42. The van der Waals surface area contributed by atoms with Crippen LogP contribution in [0.3, 0.4) is 0 Å². The molecule has 1 fully saturated rings. The fourth-order valence-corrected chi connectivity index (χ4v) is 5.04. The van der Waals surface area contributed by atoms with E-state index in [9.17, 15) is 9.59 Å². The van der Waals surface area contributed by atoms with Crippen molar-refractivity contribution >= 4 is 40.4 Å². The summed E-state index contributed by atoms with van der Waals surface area (Å²) in [5.74, 6) is -0.371. The van der Waals surface area contributed by atoms with Gasteiger partial charge in [-0.2, -0.15) is 0 Å². The van der Waals surface area contributed by atoms with Crippen LogP contribution in [0.4, 0.5) is 0 Å². The van der Waals surface area contributed by atoms with Crippen molar-refractivity contribution in [2.24, 2.45) is 4.99 Å². The number of benzene rings is 1. The Labute approximate surface area is 197 Å². The molecule has 3 heterocycles. The van der Waals surface area contributed by atoms with Gasteiger partial charge in [0.05, 0.1) is 43.1 Å². The standard InChI is InChI=1S/C23H26ClN3O4S/c1-14(2)31-22(29)20-15(3)25-23-27(21(20)16-4-6-17(24)7-5-16)18(13-32-23)12-19(28)26-8-10-30-11-9-26/h4-7,13-14,21H,8-12H2,1-3H3/t21-/m0/s1. The van der Waals surface area contributed by atoms with Crippen LogP contribution >= 0.6 is 23.4 Å². The van der Waals surface area contributed by atoms with Crippen LogP contribution in [0, 0.1) is 0 Å². The van der Waals surface area contributed by atoms with E-state index in [1.54, 1.807) is 12.1 Å². The lowest BCUT2D eigenvalue weighted by molar-refractivity contribution is -0.143. The Kier molecular flexibility index (Phi) is 6.93. The fraction of sp³-hybridized carbons (Fsp3) is 0.435. The predicted molar refractivity (Wildman–Crippen MR) is 125 cm³/mol. The lowest BCUT2D eigenvalue weighted by Gasteiger charge is -2.37. The van der Waals surface area contributed by atoms with Gasteiger partial charge in [0.1, 0.15) is 0 Å². The second-order valence-electron chi connectivity index (χ2n) is 8.07. The number of amides is 1. The molecule has 0 unspecified atom stereocenters. The van der Waals surface area contributed by atoms with E-state index < -0.39 is 12.0 Å². The summed E-state index contributed by atoms with van der Waals surface area (Å²) in [6.07, 6.45) is -0.0355. The molecule has 3 aliphatic heterocycles. The summed E-state index contributed by atoms with van der Waals surface area (Å²) in [5.41, 5.74) is 2.78. The Bertz CT molecular complexity index is 997. The molecule has 0 aromatic heterocycles. The van der Waals surface area contributed by atoms with E-state index in [4.69, 9.17) is 21.1 Å². The van der Waals surface area contributed by atoms with E-state index in [0.717, 1.165) is 16.4 Å². The van der Waals surface area contributed by atoms with Crippen molar-refractivity contribution in [2.75, 3.05) is 26.3 Å². The topological polar surface area (TPSA) is 71.4 Å². The molecule has 170 valence electrons. The Balaban J connectivity index is 1.69. The number of thioether (sulfide) groups is 1. The van der Waals surface area contributed by atoms with Gasteiger partial charge in [-0.05, 0) is 43.9 Å². The largest absolute Gasteiger partial charge is 0.459 e. The Morgan fingerprint density at radius 2 is 1.94 bits per heavy atom. The lowest BCUT2D eigenvalue weighted by atomic mass is 9.94. The first-order chi connectivity index (χ1) is 15.3. The van der Waals surface area contributed by atoms with Gasteiger partial charge in [-0.1, -0.05) is 35.5 Å². The molecular formula is C23H26ClN3O4S. The number of ether oxygens (including phenoxy) is 2. The monoisotopic (exact) mass is 475 g/mol. The maximum absolute atomic E-state index is 13.1. The van der Waals surface area contributed by atoms with Gasteiger partial charge in [0, 0.05) is 23.8 Å². The third-order valence-corrected chi connectivity index (χ3v) is 6.59. The molecule has 0 N–H and O–H groups in total. The van der Waals surface area contributed by atoms with Crippen LogP contribution < -0.4 is 0 Å². The van der Waals surface area contributed by atoms with Gasteiger partial charge in [0.15, 0.2) is 5.17 Å². The van der Waals surface area contributed by atoms with Crippen molar-refractivity contribution in [3.05, 3.63) is 57.2 Å². The summed E-state index contributed by atoms with van der Waals surface area (Å²) >= 11 is 7.59. The highest BCUT2D eigenvalue weighted by Crippen LogP contribution is 2.45. The van der Waals surface area contributed by atoms with Gasteiger partial charge in [0.2, 0.25) is 5.91 Å². The zero-order valence-corrected chi connectivity index (χ0v) is 19.9. The highest BCUT2D eigenvalue weighted by Gasteiger charge is 2.41. The van der Waals surface area contributed by atoms with Gasteiger partial charge in [-0.15, -0.1) is 0 Å². The van der Waals surface area contributed by atoms with Gasteiger partial charge in [-0.3, -0.25) is 4.79 Å². The number of hydrogen-bond acceptors (Lipinski definition) is 7. The minimum absolute atomic E-state index is 0.0360. The highest BCUT2D eigenvalue weighted by molar-refractivity contribution is 8.16. The first kappa shape index (κ1) is 22.9. The Morgan fingerprint density at radius 3 is 2.59 bits per heavy atom. The molecule has 1 saturated heterocycles. The second kappa shape index (κ2) is 9.68. The van der Waals surface area contributed by atoms with Crippen LogP contribution in [0.1, 0.15) is 38.8 Å². The van der Waals surface area contributed by atoms with Crippen molar-refractivity contribution < 1.29 is 19.1 Å². The zero-order valence-electron chi connectivity index (χ0n) is 18.3. The third kappa shape index (κ3) is 4.72. The molecule has 32 heavy (non-hydrogen) atoms. The average molecular weight is 476 g/mol. The third-order valence-electron chi connectivity index (χ3n) is 5.45. The first-order valence-electron chi connectivity index (χ1n) is 10.6. The number of allylic oxidation sites excluding steroid dienone is 1. The minimum atomic E-state index is -0.454. The second-order valence-corrected chi connectivity index (χ2v) is 9.34. The normalized spacial score (nSPS) is 20.8. The van der Waals surface area contributed by atoms with E-state index in [2.05, 4.69) is 4.99 Å². The smallest absolute Gasteiger partial charge is 0.338 e. The quantitative estimate of drug-likeness (QED) is 0.597. The van der Waals surface area contributed by atoms with Crippen molar-refractivity contribution in [1.29, 1.82) is 0 Å². The number of halogens is 1. The number of carbonyl (C=O) groups is 2. The summed E-state index contributed by atoms with van der Waals surface area (Å²) in [5, 5.41) is 3.30. The average Bonchev–Trinajstić information content (AvgIpc) is 3.15. The van der Waals surface area contributed by atoms with Crippen molar-refractivity contribution in [3.63, 3.8) is 0 Å². The van der Waals surface area contributed by atoms with Gasteiger partial charge in [-0.25, -0.2) is 9.79 Å². The molecule has 9 heteroatoms. The van der Waals surface area contributed by atoms with Gasteiger partial charge < -0.3 is 19.3 Å². The number of aliphatic imine (C=N–C) groups is 1. The molecule has 7 nitrogen and oxygen atoms in total. The predicted octanol–water partition coefficient (Wildman–Crippen LogP) is 4.12. The van der Waals surface area contributed by atoms with Crippen LogP contribution in [0.25, 0.3) is 0 Å². The number of hydrogen-bond donors (Lipinski definition) is 0. The highest BCUT2D eigenvalue weighted by atomic mass is 35.5. The van der Waals surface area contributed by atoms with E-state index in [0.29, 0.717) is 42.6 Å². The number of morpholine rings is 1. The molecule has 3 aliphatic rings. The van der Waals surface area contributed by atoms with Crippen LogP contribution in [0.2, 0.25) is 5.02 Å². The molecule has 1 atom stereocenters. The molecule has 0 radical (unpaired) electrons. The Hall–Kier alpha value is -2.29. The number of nitrogens with zero attached hydrogens (tertiary/aromatic N) is 3. The van der Waals surface area contributed by atoms with Crippen molar-refractivity contribution in [3.8, 4) is 0 Å². The summed E-state index contributed by atoms with van der Waals surface area (Å²) in [6, 6.07) is 6.94. The molecule has 1 amide bonds. The van der Waals surface area contributed by atoms with Gasteiger partial charge >= 0.3 is 5.97 Å². The molecule has 0 aliphatic carbocycles. The van der Waals surface area contributed by atoms with E-state index in [-0.39, 0.29) is 18.4 Å². The molecule has 0 bridgehead atoms. The maximum Gasteiger partial charge on any atom is 0.338 e. The van der Waals surface area contributed by atoms with Crippen LogP contribution in [-0.2, 0) is 19.1 Å². The van der Waals surface area contributed by atoms with Crippen molar-refractivity contribution in [2.45, 2.75) is 39.3 Å². The number of esters is 1. The maximum atomic E-state index is 13.1. The number of fused-ring (bicyclic) bond motifs is 1. The van der Waals surface area contributed by atoms with E-state index in [1.165, 1.54) is 11.8 Å². The van der Waals surface area contributed by atoms with Crippen LogP contribution in [0.15, 0.2) is 51.6 Å². The van der Waals surface area contributed by atoms with E-state index in [1.807, 2.05) is 48.1 Å². The molecule has 4 rings (SSSR count). The Morgan fingerprint density at radius 1 is 1.25 bits per heavy atom. The molecule has 0 spiro atoms. The van der Waals surface area contributed by atoms with Crippen molar-refractivity contribution in [1.82, 2.24) is 9.80 Å². The first-order valence-corrected chi connectivity index (χ1v) is 11.9. The summed E-state index contributed by atoms with van der Waals surface area (Å²) in [6.45, 7) is 7.74. The molecule has 1 aromatic rings. The molecule has 0 saturated carbocycles. The minimum Gasteiger partial charge on any atom is -0.459 e. The fourth-order valence-electron chi connectivity index (χ4n) is 3.95. The summed E-state index contributed by atoms with van der Waals surface area (Å²) < 4.78 is 10.9. The van der Waals surface area contributed by atoms with Crippen LogP contribution in [0.5, 0.6) is 0 Å². The van der Waals surface area contributed by atoms with E-state index >= 15 is 0 Å². The number of carbonyl (C=O) groups excluding carboxylic acids is 2. The zero-order chi connectivity index (χ0) is 22.8. The number of rotatable bonds is 5. The summed E-state index contributed by atoms with van der Waals surface area (Å²) in [7, 11) is 0. The number of amidine groups is 1. The molecule has 1 aromatic carbocycles. The van der Waals surface area contributed by atoms with Gasteiger partial charge in [0.25, 0.3) is 0 Å². The SMILES string of the molecule is CC1=C(C(=O)OC(C)C)[C@H](c2ccc(Cl)cc2)N2C(CC(=O)N3CCOCC3)=CSC2=N1. The van der Waals surface area contributed by atoms with Crippen LogP contribution in [-0.4, -0.2) is 59.3 Å².